The molecule has 0 spiro atoms. The molecule has 0 aliphatic carbocycles. The number of aryl methyl sites for hydroxylation is 1. The minimum Gasteiger partial charge on any atom is -0.496 e. The topological polar surface area (TPSA) is 98.0 Å². The van der Waals surface area contributed by atoms with Crippen LogP contribution in [0.25, 0.3) is 16.7 Å². The number of ether oxygens (including phenoxy) is 1. The molecule has 3 heterocycles. The van der Waals surface area contributed by atoms with Crippen LogP contribution in [0.5, 0.6) is 5.75 Å². The molecule has 0 fully saturated rings. The van der Waals surface area contributed by atoms with Gasteiger partial charge in [0.1, 0.15) is 23.2 Å². The van der Waals surface area contributed by atoms with E-state index in [2.05, 4.69) is 25.4 Å². The predicted molar refractivity (Wildman–Crippen MR) is 129 cm³/mol. The number of benzene rings is 1. The fourth-order valence-corrected chi connectivity index (χ4v) is 4.35. The van der Waals surface area contributed by atoms with Gasteiger partial charge in [0.05, 0.1) is 37.1 Å². The minimum absolute atomic E-state index is 0.0847. The van der Waals surface area contributed by atoms with Crippen molar-refractivity contribution >= 4 is 16.9 Å². The summed E-state index contributed by atoms with van der Waals surface area (Å²) in [6.07, 6.45) is -1.20. The van der Waals surface area contributed by atoms with E-state index in [4.69, 9.17) is 4.74 Å². The monoisotopic (exact) mass is 518 g/mol. The fourth-order valence-electron chi connectivity index (χ4n) is 4.35. The van der Waals surface area contributed by atoms with Gasteiger partial charge in [0.2, 0.25) is 0 Å². The molecular weight excluding hydrogens is 492 g/mol. The van der Waals surface area contributed by atoms with Crippen LogP contribution in [0, 0.1) is 12.7 Å². The van der Waals surface area contributed by atoms with Crippen LogP contribution in [0.4, 0.5) is 23.4 Å². The van der Waals surface area contributed by atoms with Crippen molar-refractivity contribution in [2.45, 2.75) is 44.4 Å². The van der Waals surface area contributed by atoms with E-state index in [1.165, 1.54) is 37.9 Å². The highest BCUT2D eigenvalue weighted by atomic mass is 19.4. The molecular formula is C25H26F4N6O2. The summed E-state index contributed by atoms with van der Waals surface area (Å²) in [6.45, 7) is 3.67. The Bertz CT molecular complexity index is 1410. The lowest BCUT2D eigenvalue weighted by molar-refractivity contribution is -0.260. The minimum atomic E-state index is -5.01. The van der Waals surface area contributed by atoms with Crippen molar-refractivity contribution in [3.8, 4) is 11.4 Å². The number of hydrogen-bond donors (Lipinski definition) is 2. The average molecular weight is 519 g/mol. The highest BCUT2D eigenvalue weighted by Gasteiger charge is 2.56. The maximum absolute atomic E-state index is 14.3. The number of rotatable bonds is 8. The zero-order valence-electron chi connectivity index (χ0n) is 20.6. The van der Waals surface area contributed by atoms with Crippen molar-refractivity contribution in [2.75, 3.05) is 19.0 Å². The van der Waals surface area contributed by atoms with Gasteiger partial charge >= 0.3 is 6.18 Å². The average Bonchev–Trinajstić information content (AvgIpc) is 3.26. The molecule has 0 radical (unpaired) electrons. The van der Waals surface area contributed by atoms with Crippen LogP contribution in [0.15, 0.2) is 48.9 Å². The summed E-state index contributed by atoms with van der Waals surface area (Å²) in [5, 5.41) is 18.3. The Hall–Kier alpha value is -3.80. The first-order valence-electron chi connectivity index (χ1n) is 11.3. The van der Waals surface area contributed by atoms with Gasteiger partial charge in [0, 0.05) is 11.8 Å². The molecule has 0 aliphatic rings. The Kier molecular flexibility index (Phi) is 6.80. The van der Waals surface area contributed by atoms with E-state index in [1.807, 2.05) is 0 Å². The number of halogens is 4. The third-order valence-corrected chi connectivity index (χ3v) is 6.13. The summed E-state index contributed by atoms with van der Waals surface area (Å²) in [5.74, 6) is -0.0238. The Morgan fingerprint density at radius 3 is 2.51 bits per heavy atom. The van der Waals surface area contributed by atoms with Crippen LogP contribution >= 0.6 is 0 Å². The fraction of sp³-hybridized carbons (Fsp3) is 0.360. The highest BCUT2D eigenvalue weighted by molar-refractivity contribution is 5.87. The smallest absolute Gasteiger partial charge is 0.418 e. The highest BCUT2D eigenvalue weighted by Crippen LogP contribution is 2.44. The quantitative estimate of drug-likeness (QED) is 0.325. The van der Waals surface area contributed by atoms with E-state index in [-0.39, 0.29) is 17.1 Å². The van der Waals surface area contributed by atoms with Crippen LogP contribution in [0.3, 0.4) is 0 Å². The van der Waals surface area contributed by atoms with Gasteiger partial charge in [-0.05, 0) is 49.1 Å². The molecule has 0 aliphatic heterocycles. The molecule has 0 saturated carbocycles. The molecule has 0 amide bonds. The number of alkyl halides is 3. The lowest BCUT2D eigenvalue weighted by Gasteiger charge is -2.38. The molecule has 37 heavy (non-hydrogen) atoms. The molecule has 2 N–H and O–H groups in total. The van der Waals surface area contributed by atoms with E-state index >= 15 is 0 Å². The van der Waals surface area contributed by atoms with Gasteiger partial charge in [-0.1, -0.05) is 13.8 Å². The third kappa shape index (κ3) is 5.19. The zero-order chi connectivity index (χ0) is 27.0. The van der Waals surface area contributed by atoms with Gasteiger partial charge in [-0.15, -0.1) is 0 Å². The van der Waals surface area contributed by atoms with Gasteiger partial charge in [-0.25, -0.2) is 19.0 Å². The van der Waals surface area contributed by atoms with E-state index in [0.29, 0.717) is 22.5 Å². The molecule has 0 bridgehead atoms. The second-order valence-corrected chi connectivity index (χ2v) is 9.41. The third-order valence-electron chi connectivity index (χ3n) is 6.13. The molecule has 3 aromatic heterocycles. The Labute approximate surface area is 210 Å². The number of pyridine rings is 1. The van der Waals surface area contributed by atoms with Gasteiger partial charge in [-0.3, -0.25) is 4.98 Å². The summed E-state index contributed by atoms with van der Waals surface area (Å²) < 4.78 is 63.6. The van der Waals surface area contributed by atoms with Crippen LogP contribution in [0.1, 0.15) is 31.7 Å². The van der Waals surface area contributed by atoms with Crippen molar-refractivity contribution in [2.24, 2.45) is 0 Å². The summed E-state index contributed by atoms with van der Waals surface area (Å²) >= 11 is 0. The molecule has 1 unspecified atom stereocenters. The molecule has 4 rings (SSSR count). The first-order valence-corrected chi connectivity index (χ1v) is 11.3. The van der Waals surface area contributed by atoms with Crippen LogP contribution < -0.4 is 10.1 Å². The SMILES string of the molecule is COc1ccc(F)cc1C(C)(C)CC(O)(CNc1nc(C)nc2c1cnn2-c1cccnc1)C(F)(F)F. The van der Waals surface area contributed by atoms with Crippen molar-refractivity contribution in [1.29, 1.82) is 0 Å². The maximum atomic E-state index is 14.3. The summed E-state index contributed by atoms with van der Waals surface area (Å²) in [4.78, 5) is 12.7. The second-order valence-electron chi connectivity index (χ2n) is 9.41. The number of aliphatic hydroxyl groups is 1. The van der Waals surface area contributed by atoms with E-state index in [9.17, 15) is 22.7 Å². The summed E-state index contributed by atoms with van der Waals surface area (Å²) in [5.41, 5.74) is -3.34. The Balaban J connectivity index is 1.68. The number of aromatic nitrogens is 5. The molecule has 8 nitrogen and oxygen atoms in total. The lowest BCUT2D eigenvalue weighted by atomic mass is 9.74. The van der Waals surface area contributed by atoms with Gasteiger partial charge < -0.3 is 15.2 Å². The second kappa shape index (κ2) is 9.58. The first kappa shape index (κ1) is 26.3. The summed E-state index contributed by atoms with van der Waals surface area (Å²) in [6, 6.07) is 7.10. The van der Waals surface area contributed by atoms with E-state index in [0.717, 1.165) is 12.1 Å². The largest absolute Gasteiger partial charge is 0.496 e. The standard InChI is InChI=1S/C25H26F4N6O2/c1-15-33-21(18-12-32-35(22(18)34-15)17-6-5-9-30-11-17)31-14-24(36,25(27,28)29)13-23(2,3)19-10-16(26)7-8-20(19)37-4/h5-12,36H,13-14H2,1-4H3,(H,31,33,34). The first-order chi connectivity index (χ1) is 17.3. The molecule has 12 heteroatoms. The van der Waals surface area contributed by atoms with Crippen LogP contribution in [0.2, 0.25) is 0 Å². The van der Waals surface area contributed by atoms with Crippen molar-refractivity contribution in [3.05, 3.63) is 66.1 Å². The number of fused-ring (bicyclic) bond motifs is 1. The summed E-state index contributed by atoms with van der Waals surface area (Å²) in [7, 11) is 1.35. The molecule has 1 atom stereocenters. The molecule has 196 valence electrons. The Morgan fingerprint density at radius 1 is 1.11 bits per heavy atom. The van der Waals surface area contributed by atoms with Crippen LogP contribution in [-0.2, 0) is 5.41 Å². The van der Waals surface area contributed by atoms with Gasteiger partial charge in [0.15, 0.2) is 11.2 Å². The van der Waals surface area contributed by atoms with Gasteiger partial charge in [-0.2, -0.15) is 18.3 Å². The van der Waals surface area contributed by atoms with Crippen molar-refractivity contribution < 1.29 is 27.4 Å². The predicted octanol–water partition coefficient (Wildman–Crippen LogP) is 4.74. The van der Waals surface area contributed by atoms with Crippen LogP contribution in [-0.4, -0.2) is 55.3 Å². The number of nitrogens with zero attached hydrogens (tertiary/aromatic N) is 5. The van der Waals surface area contributed by atoms with Gasteiger partial charge in [0.25, 0.3) is 0 Å². The normalized spacial score (nSPS) is 14.0. The van der Waals surface area contributed by atoms with Crippen molar-refractivity contribution in [3.63, 3.8) is 0 Å². The number of hydrogen-bond acceptors (Lipinski definition) is 7. The lowest BCUT2D eigenvalue weighted by Crippen LogP contribution is -2.53. The number of methoxy groups -OCH3 is 1. The zero-order valence-corrected chi connectivity index (χ0v) is 20.6. The number of anilines is 1. The molecule has 4 aromatic rings. The van der Waals surface area contributed by atoms with Crippen molar-refractivity contribution in [1.82, 2.24) is 24.7 Å². The molecule has 0 saturated heterocycles. The molecule has 1 aromatic carbocycles. The van der Waals surface area contributed by atoms with E-state index in [1.54, 1.807) is 31.5 Å². The Morgan fingerprint density at radius 2 is 1.86 bits per heavy atom. The van der Waals surface area contributed by atoms with E-state index < -0.39 is 36.0 Å². The maximum Gasteiger partial charge on any atom is 0.418 e. The number of nitrogens with one attached hydrogen (secondary N) is 1.